The first-order valence-corrected chi connectivity index (χ1v) is 8.44. The summed E-state index contributed by atoms with van der Waals surface area (Å²) in [7, 11) is 4.09. The van der Waals surface area contributed by atoms with Gasteiger partial charge in [-0.1, -0.05) is 41.4 Å². The third-order valence-electron chi connectivity index (χ3n) is 4.45. The second-order valence-electron chi connectivity index (χ2n) is 6.15. The molecule has 0 aromatic heterocycles. The van der Waals surface area contributed by atoms with E-state index in [9.17, 15) is 0 Å². The molecule has 0 saturated heterocycles. The summed E-state index contributed by atoms with van der Waals surface area (Å²) < 4.78 is 0. The predicted octanol–water partition coefficient (Wildman–Crippen LogP) is 4.08. The van der Waals surface area contributed by atoms with Crippen LogP contribution in [0, 0.1) is 0 Å². The van der Waals surface area contributed by atoms with E-state index in [1.807, 2.05) is 20.2 Å². The van der Waals surface area contributed by atoms with Gasteiger partial charge in [0.05, 0.1) is 10.0 Å². The van der Waals surface area contributed by atoms with Crippen LogP contribution in [-0.4, -0.2) is 25.5 Å². The summed E-state index contributed by atoms with van der Waals surface area (Å²) in [5.41, 5.74) is 10.8. The zero-order valence-corrected chi connectivity index (χ0v) is 14.9. The van der Waals surface area contributed by atoms with Gasteiger partial charge >= 0.3 is 0 Å². The van der Waals surface area contributed by atoms with Crippen LogP contribution in [0.15, 0.2) is 36.4 Å². The maximum Gasteiger partial charge on any atom is 0.0640 e. The first-order valence-electron chi connectivity index (χ1n) is 7.68. The molecule has 0 fully saturated rings. The van der Waals surface area contributed by atoms with Gasteiger partial charge < -0.3 is 10.6 Å². The molecule has 122 valence electrons. The standard InChI is InChI=1S/C18H21Cl2N3/c1-22(2)13-5-3-12(4-6-13)10-23-11-15-14(17(23)9-21)7-8-16(19)18(15)20/h3-8,17H,9-11,21H2,1-2H3. The fourth-order valence-electron chi connectivity index (χ4n) is 3.17. The highest BCUT2D eigenvalue weighted by atomic mass is 35.5. The molecule has 0 saturated carbocycles. The normalized spacial score (nSPS) is 17.3. The van der Waals surface area contributed by atoms with E-state index in [0.29, 0.717) is 16.6 Å². The summed E-state index contributed by atoms with van der Waals surface area (Å²) in [4.78, 5) is 4.46. The fraction of sp³-hybridized carbons (Fsp3) is 0.333. The Bertz CT molecular complexity index is 698. The average Bonchev–Trinajstić information content (AvgIpc) is 2.89. The lowest BCUT2D eigenvalue weighted by Gasteiger charge is -2.24. The van der Waals surface area contributed by atoms with E-state index in [1.165, 1.54) is 16.8 Å². The van der Waals surface area contributed by atoms with Gasteiger partial charge in [0.2, 0.25) is 0 Å². The number of anilines is 1. The lowest BCUT2D eigenvalue weighted by atomic mass is 10.0. The Labute approximate surface area is 147 Å². The average molecular weight is 350 g/mol. The van der Waals surface area contributed by atoms with E-state index in [0.717, 1.165) is 18.7 Å². The molecule has 1 aliphatic heterocycles. The summed E-state index contributed by atoms with van der Waals surface area (Å²) in [5, 5.41) is 1.27. The molecular formula is C18H21Cl2N3. The molecule has 1 aliphatic rings. The van der Waals surface area contributed by atoms with Crippen LogP contribution in [0.25, 0.3) is 0 Å². The topological polar surface area (TPSA) is 32.5 Å². The first kappa shape index (κ1) is 16.6. The van der Waals surface area contributed by atoms with Crippen LogP contribution in [0.2, 0.25) is 10.0 Å². The van der Waals surface area contributed by atoms with Gasteiger partial charge in [0.15, 0.2) is 0 Å². The van der Waals surface area contributed by atoms with Crippen LogP contribution in [0.3, 0.4) is 0 Å². The molecule has 3 rings (SSSR count). The molecule has 23 heavy (non-hydrogen) atoms. The van der Waals surface area contributed by atoms with E-state index in [4.69, 9.17) is 28.9 Å². The lowest BCUT2D eigenvalue weighted by molar-refractivity contribution is 0.211. The van der Waals surface area contributed by atoms with Gasteiger partial charge in [0.25, 0.3) is 0 Å². The van der Waals surface area contributed by atoms with Gasteiger partial charge in [0, 0.05) is 45.5 Å². The molecule has 1 unspecified atom stereocenters. The van der Waals surface area contributed by atoms with Crippen molar-refractivity contribution < 1.29 is 0 Å². The van der Waals surface area contributed by atoms with Gasteiger partial charge in [-0.2, -0.15) is 0 Å². The van der Waals surface area contributed by atoms with Crippen LogP contribution in [0.4, 0.5) is 5.69 Å². The molecule has 1 heterocycles. The largest absolute Gasteiger partial charge is 0.378 e. The Morgan fingerprint density at radius 2 is 1.83 bits per heavy atom. The number of hydrogen-bond acceptors (Lipinski definition) is 3. The number of halogens is 2. The molecule has 0 radical (unpaired) electrons. The van der Waals surface area contributed by atoms with E-state index >= 15 is 0 Å². The summed E-state index contributed by atoms with van der Waals surface area (Å²) in [5.74, 6) is 0. The Morgan fingerprint density at radius 3 is 2.43 bits per heavy atom. The molecule has 5 heteroatoms. The minimum atomic E-state index is 0.188. The quantitative estimate of drug-likeness (QED) is 0.902. The summed E-state index contributed by atoms with van der Waals surface area (Å²) in [6, 6.07) is 12.7. The van der Waals surface area contributed by atoms with Crippen LogP contribution in [-0.2, 0) is 13.1 Å². The SMILES string of the molecule is CN(C)c1ccc(CN2Cc3c(ccc(Cl)c3Cl)C2CN)cc1. The minimum absolute atomic E-state index is 0.188. The second kappa shape index (κ2) is 6.70. The Morgan fingerprint density at radius 1 is 1.13 bits per heavy atom. The summed E-state index contributed by atoms with van der Waals surface area (Å²) in [6.45, 7) is 2.20. The maximum absolute atomic E-state index is 6.38. The molecule has 0 bridgehead atoms. The van der Waals surface area contributed by atoms with Crippen molar-refractivity contribution in [2.75, 3.05) is 25.5 Å². The van der Waals surface area contributed by atoms with E-state index in [2.05, 4.69) is 40.1 Å². The molecule has 0 aliphatic carbocycles. The van der Waals surface area contributed by atoms with Crippen molar-refractivity contribution in [3.05, 3.63) is 63.1 Å². The third-order valence-corrected chi connectivity index (χ3v) is 5.30. The third kappa shape index (κ3) is 3.20. The second-order valence-corrected chi connectivity index (χ2v) is 6.93. The molecule has 2 aromatic carbocycles. The van der Waals surface area contributed by atoms with Crippen molar-refractivity contribution in [2.24, 2.45) is 5.73 Å². The molecule has 1 atom stereocenters. The monoisotopic (exact) mass is 349 g/mol. The van der Waals surface area contributed by atoms with Crippen molar-refractivity contribution in [1.29, 1.82) is 0 Å². The Hall–Kier alpha value is -1.26. The van der Waals surface area contributed by atoms with Gasteiger partial charge in [-0.3, -0.25) is 4.90 Å². The first-order chi connectivity index (χ1) is 11.0. The van der Waals surface area contributed by atoms with Crippen LogP contribution in [0.5, 0.6) is 0 Å². The molecular weight excluding hydrogens is 329 g/mol. The highest BCUT2D eigenvalue weighted by Crippen LogP contribution is 2.40. The zero-order chi connectivity index (χ0) is 16.6. The maximum atomic E-state index is 6.38. The summed E-state index contributed by atoms with van der Waals surface area (Å²) >= 11 is 12.5. The van der Waals surface area contributed by atoms with E-state index in [1.54, 1.807) is 0 Å². The minimum Gasteiger partial charge on any atom is -0.378 e. The highest BCUT2D eigenvalue weighted by Gasteiger charge is 2.31. The predicted molar refractivity (Wildman–Crippen MR) is 98.3 cm³/mol. The lowest BCUT2D eigenvalue weighted by Crippen LogP contribution is -2.27. The Balaban J connectivity index is 1.82. The number of fused-ring (bicyclic) bond motifs is 1. The van der Waals surface area contributed by atoms with Crippen molar-refractivity contribution in [3.8, 4) is 0 Å². The van der Waals surface area contributed by atoms with Crippen molar-refractivity contribution in [1.82, 2.24) is 4.90 Å². The van der Waals surface area contributed by atoms with Crippen LogP contribution >= 0.6 is 23.2 Å². The van der Waals surface area contributed by atoms with Crippen LogP contribution in [0.1, 0.15) is 22.7 Å². The van der Waals surface area contributed by atoms with Crippen molar-refractivity contribution in [3.63, 3.8) is 0 Å². The van der Waals surface area contributed by atoms with Gasteiger partial charge in [-0.05, 0) is 34.9 Å². The summed E-state index contributed by atoms with van der Waals surface area (Å²) in [6.07, 6.45) is 0. The fourth-order valence-corrected chi connectivity index (χ4v) is 3.58. The van der Waals surface area contributed by atoms with Gasteiger partial charge in [-0.25, -0.2) is 0 Å². The molecule has 3 nitrogen and oxygen atoms in total. The number of rotatable bonds is 4. The smallest absolute Gasteiger partial charge is 0.0640 e. The molecule has 0 spiro atoms. The van der Waals surface area contributed by atoms with Gasteiger partial charge in [-0.15, -0.1) is 0 Å². The number of nitrogens with two attached hydrogens (primary N) is 1. The van der Waals surface area contributed by atoms with E-state index < -0.39 is 0 Å². The zero-order valence-electron chi connectivity index (χ0n) is 13.4. The molecule has 2 N–H and O–H groups in total. The number of benzene rings is 2. The van der Waals surface area contributed by atoms with E-state index in [-0.39, 0.29) is 6.04 Å². The van der Waals surface area contributed by atoms with Crippen molar-refractivity contribution >= 4 is 28.9 Å². The Kier molecular flexibility index (Phi) is 4.83. The molecule has 0 amide bonds. The van der Waals surface area contributed by atoms with Gasteiger partial charge in [0.1, 0.15) is 0 Å². The van der Waals surface area contributed by atoms with Crippen LogP contribution < -0.4 is 10.6 Å². The number of hydrogen-bond donors (Lipinski definition) is 1. The highest BCUT2D eigenvalue weighted by molar-refractivity contribution is 6.42. The number of nitrogens with zero attached hydrogens (tertiary/aromatic N) is 2. The molecule has 2 aromatic rings. The van der Waals surface area contributed by atoms with Crippen molar-refractivity contribution in [2.45, 2.75) is 19.1 Å².